The molecule has 0 heterocycles. The van der Waals surface area contributed by atoms with Crippen molar-refractivity contribution in [3.05, 3.63) is 87.4 Å². The lowest BCUT2D eigenvalue weighted by Crippen LogP contribution is -2.15. The zero-order valence-electron chi connectivity index (χ0n) is 15.8. The van der Waals surface area contributed by atoms with Crippen LogP contribution in [0.4, 0.5) is 18.9 Å². The normalized spacial score (nSPS) is 11.3. The molecule has 0 saturated carbocycles. The maximum Gasteiger partial charge on any atom is 0.416 e. The zero-order chi connectivity index (χ0) is 22.6. The van der Waals surface area contributed by atoms with Crippen LogP contribution in [0.25, 0.3) is 0 Å². The summed E-state index contributed by atoms with van der Waals surface area (Å²) in [4.78, 5) is 12.6. The van der Waals surface area contributed by atoms with E-state index in [2.05, 4.69) is 5.32 Å². The van der Waals surface area contributed by atoms with Crippen LogP contribution >= 0.6 is 23.2 Å². The topological polar surface area (TPSA) is 58.6 Å². The molecular formula is C22H16Cl2F3NO3. The Morgan fingerprint density at radius 2 is 1.74 bits per heavy atom. The molecule has 0 saturated heterocycles. The van der Waals surface area contributed by atoms with E-state index in [9.17, 15) is 23.1 Å². The highest BCUT2D eigenvalue weighted by molar-refractivity contribution is 6.31. The van der Waals surface area contributed by atoms with Crippen LogP contribution in [-0.4, -0.2) is 17.6 Å². The number of amides is 1. The smallest absolute Gasteiger partial charge is 0.416 e. The summed E-state index contributed by atoms with van der Waals surface area (Å²) in [5.41, 5.74) is -0.450. The molecule has 0 atom stereocenters. The number of halogens is 5. The van der Waals surface area contributed by atoms with E-state index in [4.69, 9.17) is 27.9 Å². The lowest BCUT2D eigenvalue weighted by atomic mass is 10.1. The molecule has 0 aliphatic carbocycles. The molecule has 0 spiro atoms. The number of benzene rings is 3. The van der Waals surface area contributed by atoms with E-state index in [1.165, 1.54) is 18.2 Å². The number of carbonyl (C=O) groups is 1. The lowest BCUT2D eigenvalue weighted by Gasteiger charge is -2.16. The minimum atomic E-state index is -4.61. The molecule has 0 aliphatic rings. The fourth-order valence-corrected chi connectivity index (χ4v) is 3.17. The van der Waals surface area contributed by atoms with Gasteiger partial charge >= 0.3 is 6.18 Å². The van der Waals surface area contributed by atoms with Crippen LogP contribution in [0.15, 0.2) is 60.7 Å². The second kappa shape index (κ2) is 9.49. The lowest BCUT2D eigenvalue weighted by molar-refractivity contribution is -0.137. The Kier molecular flexibility index (Phi) is 6.97. The van der Waals surface area contributed by atoms with Gasteiger partial charge in [-0.25, -0.2) is 0 Å². The van der Waals surface area contributed by atoms with E-state index in [-0.39, 0.29) is 34.4 Å². The summed E-state index contributed by atoms with van der Waals surface area (Å²) in [6, 6.07) is 13.7. The molecule has 1 amide bonds. The van der Waals surface area contributed by atoms with E-state index in [1.54, 1.807) is 18.2 Å². The molecule has 3 rings (SSSR count). The number of ether oxygens (including phenoxy) is 1. The van der Waals surface area contributed by atoms with Gasteiger partial charge in [-0.05, 0) is 54.1 Å². The molecule has 0 fully saturated rings. The second-order valence-corrected chi connectivity index (χ2v) is 7.43. The first-order chi connectivity index (χ1) is 14.6. The Hall–Kier alpha value is -2.90. The first-order valence-electron chi connectivity index (χ1n) is 9.02. The van der Waals surface area contributed by atoms with Crippen molar-refractivity contribution in [1.82, 2.24) is 0 Å². The van der Waals surface area contributed by atoms with Gasteiger partial charge < -0.3 is 15.2 Å². The van der Waals surface area contributed by atoms with Gasteiger partial charge in [0.1, 0.15) is 11.5 Å². The predicted molar refractivity (Wildman–Crippen MR) is 113 cm³/mol. The average Bonchev–Trinajstić information content (AvgIpc) is 2.70. The third kappa shape index (κ3) is 6.06. The van der Waals surface area contributed by atoms with Crippen molar-refractivity contribution in [3.8, 4) is 11.5 Å². The van der Waals surface area contributed by atoms with Gasteiger partial charge in [-0.15, -0.1) is 0 Å². The summed E-state index contributed by atoms with van der Waals surface area (Å²) in [5.74, 6) is -1.15. The first kappa shape index (κ1) is 22.8. The SMILES string of the molecule is O=C(Nc1cc(C(F)(F)F)ccc1OCCc1cccc(Cl)c1)c1cc(Cl)ccc1O. The Balaban J connectivity index is 1.83. The summed E-state index contributed by atoms with van der Waals surface area (Å²) < 4.78 is 45.1. The van der Waals surface area contributed by atoms with Gasteiger partial charge in [0.15, 0.2) is 0 Å². The summed E-state index contributed by atoms with van der Waals surface area (Å²) in [5, 5.41) is 13.0. The zero-order valence-corrected chi connectivity index (χ0v) is 17.4. The van der Waals surface area contributed by atoms with Crippen molar-refractivity contribution in [2.75, 3.05) is 11.9 Å². The molecule has 3 aromatic rings. The fourth-order valence-electron chi connectivity index (χ4n) is 2.78. The number of phenols is 1. The fraction of sp³-hybridized carbons (Fsp3) is 0.136. The number of aromatic hydroxyl groups is 1. The van der Waals surface area contributed by atoms with Gasteiger partial charge in [0.05, 0.1) is 23.4 Å². The standard InChI is InChI=1S/C22H16Cl2F3NO3/c23-15-3-1-2-13(10-15)8-9-31-20-7-4-14(22(25,26)27)11-18(20)28-21(30)17-12-16(24)5-6-19(17)29/h1-7,10-12,29H,8-9H2,(H,28,30). The van der Waals surface area contributed by atoms with Crippen molar-refractivity contribution >= 4 is 34.8 Å². The highest BCUT2D eigenvalue weighted by Gasteiger charge is 2.31. The molecule has 2 N–H and O–H groups in total. The predicted octanol–water partition coefficient (Wildman–Crippen LogP) is 6.59. The minimum Gasteiger partial charge on any atom is -0.507 e. The summed E-state index contributed by atoms with van der Waals surface area (Å²) in [6.45, 7) is 0.136. The van der Waals surface area contributed by atoms with Crippen LogP contribution in [0.5, 0.6) is 11.5 Å². The number of rotatable bonds is 6. The molecule has 0 unspecified atom stereocenters. The molecule has 0 bridgehead atoms. The second-order valence-electron chi connectivity index (χ2n) is 6.55. The van der Waals surface area contributed by atoms with Crippen LogP contribution in [0.3, 0.4) is 0 Å². The van der Waals surface area contributed by atoms with Gasteiger partial charge in [0, 0.05) is 16.5 Å². The number of carbonyl (C=O) groups excluding carboxylic acids is 1. The minimum absolute atomic E-state index is 0.0462. The molecule has 4 nitrogen and oxygen atoms in total. The number of nitrogens with one attached hydrogen (secondary N) is 1. The summed E-state index contributed by atoms with van der Waals surface area (Å²) in [6.07, 6.45) is -4.17. The average molecular weight is 470 g/mol. The number of anilines is 1. The van der Waals surface area contributed by atoms with Gasteiger partial charge in [-0.2, -0.15) is 13.2 Å². The maximum absolute atomic E-state index is 13.2. The molecule has 0 radical (unpaired) electrons. The Labute approximate surface area is 186 Å². The number of hydrogen-bond acceptors (Lipinski definition) is 3. The highest BCUT2D eigenvalue weighted by atomic mass is 35.5. The molecular weight excluding hydrogens is 454 g/mol. The quantitative estimate of drug-likeness (QED) is 0.427. The van der Waals surface area contributed by atoms with E-state index in [1.807, 2.05) is 6.07 Å². The third-order valence-electron chi connectivity index (χ3n) is 4.30. The maximum atomic E-state index is 13.2. The third-order valence-corrected chi connectivity index (χ3v) is 4.77. The van der Waals surface area contributed by atoms with E-state index in [0.29, 0.717) is 11.4 Å². The van der Waals surface area contributed by atoms with Crippen molar-refractivity contribution < 1.29 is 27.8 Å². The Morgan fingerprint density at radius 1 is 1.00 bits per heavy atom. The van der Waals surface area contributed by atoms with Crippen LogP contribution < -0.4 is 10.1 Å². The van der Waals surface area contributed by atoms with Gasteiger partial charge in [-0.3, -0.25) is 4.79 Å². The van der Waals surface area contributed by atoms with Gasteiger partial charge in [0.2, 0.25) is 0 Å². The Morgan fingerprint density at radius 3 is 2.45 bits per heavy atom. The first-order valence-corrected chi connectivity index (χ1v) is 9.77. The van der Waals surface area contributed by atoms with Crippen molar-refractivity contribution in [3.63, 3.8) is 0 Å². The van der Waals surface area contributed by atoms with Crippen LogP contribution in [0.2, 0.25) is 10.0 Å². The molecule has 3 aromatic carbocycles. The van der Waals surface area contributed by atoms with E-state index < -0.39 is 17.6 Å². The molecule has 9 heteroatoms. The summed E-state index contributed by atoms with van der Waals surface area (Å²) in [7, 11) is 0. The molecule has 31 heavy (non-hydrogen) atoms. The van der Waals surface area contributed by atoms with Crippen LogP contribution in [0, 0.1) is 0 Å². The molecule has 162 valence electrons. The van der Waals surface area contributed by atoms with Crippen molar-refractivity contribution in [1.29, 1.82) is 0 Å². The van der Waals surface area contributed by atoms with Crippen LogP contribution in [0.1, 0.15) is 21.5 Å². The Bertz CT molecular complexity index is 1100. The monoisotopic (exact) mass is 469 g/mol. The van der Waals surface area contributed by atoms with Crippen LogP contribution in [-0.2, 0) is 12.6 Å². The van der Waals surface area contributed by atoms with Crippen molar-refractivity contribution in [2.45, 2.75) is 12.6 Å². The van der Waals surface area contributed by atoms with Gasteiger partial charge in [0.25, 0.3) is 5.91 Å². The number of phenolic OH excluding ortho intramolecular Hbond substituents is 1. The molecule has 0 aliphatic heterocycles. The van der Waals surface area contributed by atoms with E-state index >= 15 is 0 Å². The number of hydrogen-bond donors (Lipinski definition) is 2. The number of alkyl halides is 3. The summed E-state index contributed by atoms with van der Waals surface area (Å²) >= 11 is 11.8. The van der Waals surface area contributed by atoms with Crippen molar-refractivity contribution in [2.24, 2.45) is 0 Å². The highest BCUT2D eigenvalue weighted by Crippen LogP contribution is 2.36. The largest absolute Gasteiger partial charge is 0.507 e. The molecule has 0 aromatic heterocycles. The van der Waals surface area contributed by atoms with Gasteiger partial charge in [-0.1, -0.05) is 35.3 Å². The van der Waals surface area contributed by atoms with E-state index in [0.717, 1.165) is 23.8 Å².